The van der Waals surface area contributed by atoms with Crippen molar-refractivity contribution in [3.05, 3.63) is 0 Å². The Morgan fingerprint density at radius 3 is 2.04 bits per heavy atom. The Balaban J connectivity index is 0.00000529. The van der Waals surface area contributed by atoms with Gasteiger partial charge in [0, 0.05) is 32.7 Å². The van der Waals surface area contributed by atoms with Crippen molar-refractivity contribution in [1.82, 2.24) is 15.1 Å². The lowest BCUT2D eigenvalue weighted by Gasteiger charge is -2.39. The molecule has 0 aromatic carbocycles. The molecule has 144 valence electrons. The standard InChI is InChI=1S/C13H22F6N4.HI/c1-3-20-11(21-5-4-12(14,15)16)23-8-6-22(7-9-23)10(2)13(17,18)19;/h10H,3-9H2,1-2H3,(H,20,21);1H. The third kappa shape index (κ3) is 8.08. The fourth-order valence-corrected chi connectivity index (χ4v) is 2.24. The molecule has 1 aliphatic rings. The van der Waals surface area contributed by atoms with Gasteiger partial charge in [-0.05, 0) is 13.8 Å². The molecule has 0 spiro atoms. The topological polar surface area (TPSA) is 30.9 Å². The highest BCUT2D eigenvalue weighted by atomic mass is 127. The molecular formula is C13H23F6IN4. The number of hydrogen-bond donors (Lipinski definition) is 1. The van der Waals surface area contributed by atoms with Gasteiger partial charge in [-0.3, -0.25) is 9.89 Å². The zero-order chi connectivity index (χ0) is 17.7. The molecule has 0 amide bonds. The summed E-state index contributed by atoms with van der Waals surface area (Å²) in [5.41, 5.74) is 0. The van der Waals surface area contributed by atoms with Crippen LogP contribution in [0.25, 0.3) is 0 Å². The monoisotopic (exact) mass is 476 g/mol. The lowest BCUT2D eigenvalue weighted by Crippen LogP contribution is -2.56. The number of hydrogen-bond acceptors (Lipinski definition) is 2. The van der Waals surface area contributed by atoms with Gasteiger partial charge in [0.2, 0.25) is 0 Å². The van der Waals surface area contributed by atoms with Gasteiger partial charge in [-0.1, -0.05) is 0 Å². The smallest absolute Gasteiger partial charge is 0.357 e. The van der Waals surface area contributed by atoms with Gasteiger partial charge in [0.1, 0.15) is 6.04 Å². The summed E-state index contributed by atoms with van der Waals surface area (Å²) < 4.78 is 74.6. The summed E-state index contributed by atoms with van der Waals surface area (Å²) in [4.78, 5) is 6.92. The Morgan fingerprint density at radius 2 is 1.62 bits per heavy atom. The molecule has 0 saturated carbocycles. The first-order valence-corrected chi connectivity index (χ1v) is 7.45. The van der Waals surface area contributed by atoms with Crippen molar-refractivity contribution < 1.29 is 26.3 Å². The van der Waals surface area contributed by atoms with E-state index in [-0.39, 0.29) is 50.2 Å². The maximum absolute atomic E-state index is 12.7. The van der Waals surface area contributed by atoms with Crippen LogP contribution in [-0.4, -0.2) is 73.4 Å². The van der Waals surface area contributed by atoms with Crippen molar-refractivity contribution in [1.29, 1.82) is 0 Å². The minimum atomic E-state index is -4.28. The van der Waals surface area contributed by atoms with E-state index in [0.29, 0.717) is 12.5 Å². The van der Waals surface area contributed by atoms with Gasteiger partial charge in [-0.25, -0.2) is 0 Å². The lowest BCUT2D eigenvalue weighted by molar-refractivity contribution is -0.181. The quantitative estimate of drug-likeness (QED) is 0.293. The van der Waals surface area contributed by atoms with Crippen molar-refractivity contribution in [2.24, 2.45) is 4.99 Å². The molecule has 24 heavy (non-hydrogen) atoms. The van der Waals surface area contributed by atoms with Crippen LogP contribution in [-0.2, 0) is 0 Å². The SMILES string of the molecule is CCNC(=NCCC(F)(F)F)N1CCN(C(C)C(F)(F)F)CC1.I. The molecule has 1 rings (SSSR count). The Bertz CT molecular complexity index is 391. The Kier molecular flexibility index (Phi) is 9.69. The number of rotatable bonds is 4. The molecule has 1 atom stereocenters. The highest BCUT2D eigenvalue weighted by molar-refractivity contribution is 14.0. The van der Waals surface area contributed by atoms with Gasteiger partial charge >= 0.3 is 12.4 Å². The average Bonchev–Trinajstić information content (AvgIpc) is 2.43. The number of halogens is 7. The molecule has 1 N–H and O–H groups in total. The zero-order valence-electron chi connectivity index (χ0n) is 13.5. The molecule has 1 aliphatic heterocycles. The Labute approximate surface area is 154 Å². The van der Waals surface area contributed by atoms with Crippen molar-refractivity contribution >= 4 is 29.9 Å². The van der Waals surface area contributed by atoms with Crippen LogP contribution in [0.15, 0.2) is 4.99 Å². The van der Waals surface area contributed by atoms with Crippen molar-refractivity contribution in [2.45, 2.75) is 38.7 Å². The molecule has 11 heteroatoms. The second kappa shape index (κ2) is 9.88. The highest BCUT2D eigenvalue weighted by Gasteiger charge is 2.41. The summed E-state index contributed by atoms with van der Waals surface area (Å²) in [5, 5.41) is 2.88. The summed E-state index contributed by atoms with van der Waals surface area (Å²) in [5.74, 6) is 0.316. The van der Waals surface area contributed by atoms with E-state index in [1.165, 1.54) is 4.90 Å². The molecule has 1 saturated heterocycles. The molecule has 0 aliphatic carbocycles. The summed E-state index contributed by atoms with van der Waals surface area (Å²) in [6.07, 6.45) is -9.58. The summed E-state index contributed by atoms with van der Waals surface area (Å²) in [7, 11) is 0. The second-order valence-corrected chi connectivity index (χ2v) is 5.34. The van der Waals surface area contributed by atoms with Crippen molar-refractivity contribution in [3.8, 4) is 0 Å². The van der Waals surface area contributed by atoms with Crippen molar-refractivity contribution in [2.75, 3.05) is 39.3 Å². The number of nitrogens with one attached hydrogen (secondary N) is 1. The number of nitrogens with zero attached hydrogens (tertiary/aromatic N) is 3. The third-order valence-electron chi connectivity index (χ3n) is 3.63. The summed E-state index contributed by atoms with van der Waals surface area (Å²) >= 11 is 0. The lowest BCUT2D eigenvalue weighted by atomic mass is 10.2. The summed E-state index contributed by atoms with van der Waals surface area (Å²) in [6, 6.07) is -1.53. The van der Waals surface area contributed by atoms with Crippen LogP contribution in [0.1, 0.15) is 20.3 Å². The van der Waals surface area contributed by atoms with Gasteiger partial charge in [0.25, 0.3) is 0 Å². The highest BCUT2D eigenvalue weighted by Crippen LogP contribution is 2.25. The van der Waals surface area contributed by atoms with Gasteiger partial charge in [0.05, 0.1) is 13.0 Å². The van der Waals surface area contributed by atoms with Crippen molar-refractivity contribution in [3.63, 3.8) is 0 Å². The van der Waals surface area contributed by atoms with Gasteiger partial charge in [-0.2, -0.15) is 26.3 Å². The fourth-order valence-electron chi connectivity index (χ4n) is 2.24. The normalized spacial score (nSPS) is 19.0. The molecule has 0 bridgehead atoms. The number of piperazine rings is 1. The van der Waals surface area contributed by atoms with E-state index in [2.05, 4.69) is 10.3 Å². The first-order chi connectivity index (χ1) is 10.5. The van der Waals surface area contributed by atoms with E-state index >= 15 is 0 Å². The predicted molar refractivity (Wildman–Crippen MR) is 90.7 cm³/mol. The number of guanidine groups is 1. The van der Waals surface area contributed by atoms with Gasteiger partial charge in [-0.15, -0.1) is 24.0 Å². The van der Waals surface area contributed by atoms with E-state index in [1.807, 2.05) is 0 Å². The zero-order valence-corrected chi connectivity index (χ0v) is 15.9. The number of aliphatic imine (C=N–C) groups is 1. The van der Waals surface area contributed by atoms with Crippen LogP contribution < -0.4 is 5.32 Å². The minimum absolute atomic E-state index is 0. The van der Waals surface area contributed by atoms with E-state index in [0.717, 1.165) is 6.92 Å². The molecule has 0 aromatic heterocycles. The Morgan fingerprint density at radius 1 is 1.08 bits per heavy atom. The molecule has 1 heterocycles. The van der Waals surface area contributed by atoms with E-state index in [1.54, 1.807) is 11.8 Å². The van der Waals surface area contributed by atoms with Crippen LogP contribution in [0.3, 0.4) is 0 Å². The largest absolute Gasteiger partial charge is 0.403 e. The first-order valence-electron chi connectivity index (χ1n) is 7.45. The predicted octanol–water partition coefficient (Wildman–Crippen LogP) is 3.09. The second-order valence-electron chi connectivity index (χ2n) is 5.34. The molecular weight excluding hydrogens is 453 g/mol. The van der Waals surface area contributed by atoms with Crippen LogP contribution >= 0.6 is 24.0 Å². The van der Waals surface area contributed by atoms with Crippen LogP contribution in [0.2, 0.25) is 0 Å². The fraction of sp³-hybridized carbons (Fsp3) is 0.923. The van der Waals surface area contributed by atoms with Crippen LogP contribution in [0.4, 0.5) is 26.3 Å². The summed E-state index contributed by atoms with van der Waals surface area (Å²) in [6.45, 7) is 3.92. The van der Waals surface area contributed by atoms with E-state index < -0.39 is 31.4 Å². The van der Waals surface area contributed by atoms with Crippen LogP contribution in [0, 0.1) is 0 Å². The van der Waals surface area contributed by atoms with E-state index in [4.69, 9.17) is 0 Å². The molecule has 0 radical (unpaired) electrons. The van der Waals surface area contributed by atoms with Crippen LogP contribution in [0.5, 0.6) is 0 Å². The number of alkyl halides is 6. The maximum atomic E-state index is 12.7. The average molecular weight is 476 g/mol. The molecule has 4 nitrogen and oxygen atoms in total. The first kappa shape index (κ1) is 23.5. The molecule has 1 unspecified atom stereocenters. The van der Waals surface area contributed by atoms with Gasteiger partial charge < -0.3 is 10.2 Å². The van der Waals surface area contributed by atoms with E-state index in [9.17, 15) is 26.3 Å². The Hall–Kier alpha value is -0.460. The molecule has 1 fully saturated rings. The maximum Gasteiger partial charge on any atom is 0.403 e. The van der Waals surface area contributed by atoms with Gasteiger partial charge in [0.15, 0.2) is 5.96 Å². The molecule has 0 aromatic rings. The third-order valence-corrected chi connectivity index (χ3v) is 3.63. The minimum Gasteiger partial charge on any atom is -0.357 e.